The quantitative estimate of drug-likeness (QED) is 0.805. The van der Waals surface area contributed by atoms with E-state index in [0.717, 1.165) is 16.9 Å². The number of aromatic nitrogens is 3. The first-order valence-electron chi connectivity index (χ1n) is 7.59. The molecule has 0 aliphatic rings. The summed E-state index contributed by atoms with van der Waals surface area (Å²) in [5.74, 6) is -0.102. The van der Waals surface area contributed by atoms with Crippen molar-refractivity contribution in [3.05, 3.63) is 71.8 Å². The third kappa shape index (κ3) is 3.18. The Bertz CT molecular complexity index is 817. The Kier molecular flexibility index (Phi) is 4.02. The van der Waals surface area contributed by atoms with Gasteiger partial charge in [0.05, 0.1) is 17.3 Å². The van der Waals surface area contributed by atoms with Gasteiger partial charge in [0.1, 0.15) is 0 Å². The fraction of sp³-hybridized carbons (Fsp3) is 0.222. The van der Waals surface area contributed by atoms with E-state index in [1.165, 1.54) is 0 Å². The molecule has 1 unspecified atom stereocenters. The molecule has 5 heteroatoms. The van der Waals surface area contributed by atoms with Crippen LogP contribution in [-0.4, -0.2) is 20.3 Å². The van der Waals surface area contributed by atoms with Crippen molar-refractivity contribution in [2.75, 3.05) is 0 Å². The molecule has 0 saturated heterocycles. The Hall–Kier alpha value is -2.82. The molecule has 1 amide bonds. The first-order chi connectivity index (χ1) is 11.0. The second-order valence-corrected chi connectivity index (χ2v) is 5.68. The Balaban J connectivity index is 1.78. The highest BCUT2D eigenvalue weighted by molar-refractivity contribution is 5.95. The van der Waals surface area contributed by atoms with Crippen LogP contribution in [0, 0.1) is 6.92 Å². The van der Waals surface area contributed by atoms with Gasteiger partial charge in [0.15, 0.2) is 0 Å². The molecule has 1 aromatic carbocycles. The lowest BCUT2D eigenvalue weighted by atomic mass is 10.1. The van der Waals surface area contributed by atoms with Crippen LogP contribution in [-0.2, 0) is 7.05 Å². The summed E-state index contributed by atoms with van der Waals surface area (Å²) in [6.07, 6.45) is 5.75. The van der Waals surface area contributed by atoms with Crippen molar-refractivity contribution in [1.29, 1.82) is 0 Å². The van der Waals surface area contributed by atoms with Crippen LogP contribution in [0.15, 0.2) is 55.0 Å². The second kappa shape index (κ2) is 6.12. The van der Waals surface area contributed by atoms with E-state index in [2.05, 4.69) is 16.5 Å². The number of hydrogen-bond donors (Lipinski definition) is 1. The molecule has 3 aromatic rings. The number of aryl methyl sites for hydroxylation is 2. The molecule has 5 nitrogen and oxygen atoms in total. The summed E-state index contributed by atoms with van der Waals surface area (Å²) in [5.41, 5.74) is 3.48. The largest absolute Gasteiger partial charge is 0.345 e. The van der Waals surface area contributed by atoms with Gasteiger partial charge >= 0.3 is 0 Å². The lowest BCUT2D eigenvalue weighted by Crippen LogP contribution is -2.27. The fourth-order valence-corrected chi connectivity index (χ4v) is 2.64. The number of hydrogen-bond acceptors (Lipinski definition) is 2. The van der Waals surface area contributed by atoms with Crippen LogP contribution in [0.1, 0.15) is 34.6 Å². The number of rotatable bonds is 4. The summed E-state index contributed by atoms with van der Waals surface area (Å²) in [5, 5.41) is 7.25. The standard InChI is InChI=1S/C18H20N4O/c1-13(19-18(23)17-12-21(3)20-14(17)2)15-7-6-8-16(11-15)22-9-4-5-10-22/h4-13H,1-3H3,(H,19,23). The lowest BCUT2D eigenvalue weighted by molar-refractivity contribution is 0.0939. The molecule has 3 rings (SSSR count). The maximum atomic E-state index is 12.4. The van der Waals surface area contributed by atoms with Gasteiger partial charge < -0.3 is 9.88 Å². The summed E-state index contributed by atoms with van der Waals surface area (Å²) in [6.45, 7) is 3.82. The van der Waals surface area contributed by atoms with E-state index in [4.69, 9.17) is 0 Å². The van der Waals surface area contributed by atoms with Crippen LogP contribution >= 0.6 is 0 Å². The molecule has 1 atom stereocenters. The van der Waals surface area contributed by atoms with Crippen molar-refractivity contribution >= 4 is 5.91 Å². The van der Waals surface area contributed by atoms with Crippen LogP contribution in [0.3, 0.4) is 0 Å². The monoisotopic (exact) mass is 308 g/mol. The maximum absolute atomic E-state index is 12.4. The number of carbonyl (C=O) groups excluding carboxylic acids is 1. The number of nitrogens with one attached hydrogen (secondary N) is 1. The van der Waals surface area contributed by atoms with Crippen molar-refractivity contribution in [3.63, 3.8) is 0 Å². The number of amides is 1. The Morgan fingerprint density at radius 3 is 2.61 bits per heavy atom. The fourth-order valence-electron chi connectivity index (χ4n) is 2.64. The van der Waals surface area contributed by atoms with Crippen molar-refractivity contribution in [2.24, 2.45) is 7.05 Å². The minimum absolute atomic E-state index is 0.0855. The number of nitrogens with zero attached hydrogens (tertiary/aromatic N) is 3. The zero-order chi connectivity index (χ0) is 16.4. The molecule has 1 N–H and O–H groups in total. The SMILES string of the molecule is Cc1nn(C)cc1C(=O)NC(C)c1cccc(-n2cccc2)c1. The molecule has 0 aliphatic heterocycles. The third-order valence-electron chi connectivity index (χ3n) is 3.88. The molecule has 0 radical (unpaired) electrons. The lowest BCUT2D eigenvalue weighted by Gasteiger charge is -2.15. The second-order valence-electron chi connectivity index (χ2n) is 5.68. The molecule has 2 aromatic heterocycles. The van der Waals surface area contributed by atoms with Gasteiger partial charge in [-0.15, -0.1) is 0 Å². The van der Waals surface area contributed by atoms with E-state index in [9.17, 15) is 4.79 Å². The average Bonchev–Trinajstić information content (AvgIpc) is 3.17. The van der Waals surface area contributed by atoms with Crippen LogP contribution in [0.25, 0.3) is 5.69 Å². The Morgan fingerprint density at radius 2 is 1.96 bits per heavy atom. The molecule has 23 heavy (non-hydrogen) atoms. The zero-order valence-corrected chi connectivity index (χ0v) is 13.5. The summed E-state index contributed by atoms with van der Waals surface area (Å²) in [4.78, 5) is 12.4. The van der Waals surface area contributed by atoms with Gasteiger partial charge in [-0.05, 0) is 43.7 Å². The highest BCUT2D eigenvalue weighted by Crippen LogP contribution is 2.18. The van der Waals surface area contributed by atoms with Gasteiger partial charge in [0.25, 0.3) is 5.91 Å². The first kappa shape index (κ1) is 15.1. The van der Waals surface area contributed by atoms with Gasteiger partial charge in [-0.2, -0.15) is 5.10 Å². The summed E-state index contributed by atoms with van der Waals surface area (Å²) in [7, 11) is 1.81. The van der Waals surface area contributed by atoms with E-state index in [1.54, 1.807) is 10.9 Å². The molecule has 0 fully saturated rings. The maximum Gasteiger partial charge on any atom is 0.255 e. The van der Waals surface area contributed by atoms with Crippen LogP contribution in [0.2, 0.25) is 0 Å². The van der Waals surface area contributed by atoms with Gasteiger partial charge in [-0.3, -0.25) is 9.48 Å². The highest BCUT2D eigenvalue weighted by Gasteiger charge is 2.16. The Labute approximate surface area is 135 Å². The molecule has 0 bridgehead atoms. The number of benzene rings is 1. The van der Waals surface area contributed by atoms with E-state index in [-0.39, 0.29) is 11.9 Å². The predicted molar refractivity (Wildman–Crippen MR) is 89.6 cm³/mol. The molecule has 0 aliphatic carbocycles. The molecule has 118 valence electrons. The summed E-state index contributed by atoms with van der Waals surface area (Å²) >= 11 is 0. The van der Waals surface area contributed by atoms with Crippen molar-refractivity contribution < 1.29 is 4.79 Å². The van der Waals surface area contributed by atoms with Gasteiger partial charge in [-0.1, -0.05) is 12.1 Å². The van der Waals surface area contributed by atoms with Crippen molar-refractivity contribution in [3.8, 4) is 5.69 Å². The topological polar surface area (TPSA) is 51.9 Å². The summed E-state index contributed by atoms with van der Waals surface area (Å²) < 4.78 is 3.70. The van der Waals surface area contributed by atoms with E-state index in [0.29, 0.717) is 5.56 Å². The van der Waals surface area contributed by atoms with Crippen LogP contribution in [0.5, 0.6) is 0 Å². The van der Waals surface area contributed by atoms with Gasteiger partial charge in [0.2, 0.25) is 0 Å². The molecule has 0 saturated carbocycles. The molecule has 2 heterocycles. The molecular formula is C18H20N4O. The first-order valence-corrected chi connectivity index (χ1v) is 7.59. The molecule has 0 spiro atoms. The Morgan fingerprint density at radius 1 is 1.22 bits per heavy atom. The van der Waals surface area contributed by atoms with Gasteiger partial charge in [0, 0.05) is 31.3 Å². The van der Waals surface area contributed by atoms with Crippen molar-refractivity contribution in [1.82, 2.24) is 19.7 Å². The minimum atomic E-state index is -0.102. The zero-order valence-electron chi connectivity index (χ0n) is 13.5. The minimum Gasteiger partial charge on any atom is -0.345 e. The average molecular weight is 308 g/mol. The smallest absolute Gasteiger partial charge is 0.255 e. The van der Waals surface area contributed by atoms with Crippen molar-refractivity contribution in [2.45, 2.75) is 19.9 Å². The van der Waals surface area contributed by atoms with Gasteiger partial charge in [-0.25, -0.2) is 0 Å². The number of carbonyl (C=O) groups is 1. The van der Waals surface area contributed by atoms with E-state index >= 15 is 0 Å². The normalized spacial score (nSPS) is 12.1. The third-order valence-corrected chi connectivity index (χ3v) is 3.88. The predicted octanol–water partition coefficient (Wildman–Crippen LogP) is 3.01. The van der Waals surface area contributed by atoms with Crippen LogP contribution in [0.4, 0.5) is 0 Å². The van der Waals surface area contributed by atoms with E-state index < -0.39 is 0 Å². The van der Waals surface area contributed by atoms with E-state index in [1.807, 2.05) is 68.2 Å². The molecular weight excluding hydrogens is 288 g/mol. The van der Waals surface area contributed by atoms with Crippen LogP contribution < -0.4 is 5.32 Å². The summed E-state index contributed by atoms with van der Waals surface area (Å²) in [6, 6.07) is 12.0. The highest BCUT2D eigenvalue weighted by atomic mass is 16.1.